The molecular weight excluding hydrogens is 334 g/mol. The van der Waals surface area contributed by atoms with Crippen molar-refractivity contribution in [2.24, 2.45) is 5.92 Å². The molecule has 1 N–H and O–H groups in total. The third-order valence-electron chi connectivity index (χ3n) is 4.33. The molecule has 3 rings (SSSR count). The van der Waals surface area contributed by atoms with Gasteiger partial charge >= 0.3 is 5.97 Å². The summed E-state index contributed by atoms with van der Waals surface area (Å²) in [5.74, 6) is -0.391. The Hall–Kier alpha value is -1.46. The van der Waals surface area contributed by atoms with E-state index < -0.39 is 0 Å². The standard InChI is InChI=1S/C17H18ClNO3S/c1-22-17(21)11-6-7-14-13(8-11)19-16(20)15(23-14)9-10-4-2-3-5-12(10)18/h2-5,9,11,13-14H,6-8H2,1H3,(H,19,20)/b15-9-. The molecule has 3 unspecified atom stereocenters. The highest BCUT2D eigenvalue weighted by atomic mass is 35.5. The van der Waals surface area contributed by atoms with Crippen LogP contribution in [0, 0.1) is 5.92 Å². The highest BCUT2D eigenvalue weighted by Gasteiger charge is 2.39. The fourth-order valence-electron chi connectivity index (χ4n) is 3.11. The van der Waals surface area contributed by atoms with Crippen molar-refractivity contribution in [2.45, 2.75) is 30.6 Å². The van der Waals surface area contributed by atoms with Crippen molar-refractivity contribution >= 4 is 41.3 Å². The van der Waals surface area contributed by atoms with Crippen LogP contribution in [0.3, 0.4) is 0 Å². The van der Waals surface area contributed by atoms with Gasteiger partial charge in [0.05, 0.1) is 17.9 Å². The fourth-order valence-corrected chi connectivity index (χ4v) is 4.58. The number of nitrogens with one attached hydrogen (secondary N) is 1. The molecule has 1 aliphatic carbocycles. The summed E-state index contributed by atoms with van der Waals surface area (Å²) in [6.45, 7) is 0. The SMILES string of the molecule is COC(=O)C1CCC2S/C(=C\c3ccccc3Cl)C(=O)NC2C1. The van der Waals surface area contributed by atoms with Crippen LogP contribution >= 0.6 is 23.4 Å². The number of halogens is 1. The van der Waals surface area contributed by atoms with Gasteiger partial charge in [-0.1, -0.05) is 29.8 Å². The molecule has 2 aliphatic rings. The Labute approximate surface area is 144 Å². The predicted molar refractivity (Wildman–Crippen MR) is 92.1 cm³/mol. The van der Waals surface area contributed by atoms with Crippen LogP contribution in [-0.2, 0) is 14.3 Å². The molecule has 0 spiro atoms. The van der Waals surface area contributed by atoms with Crippen LogP contribution in [0.1, 0.15) is 24.8 Å². The number of fused-ring (bicyclic) bond motifs is 1. The van der Waals surface area contributed by atoms with Gasteiger partial charge in [-0.3, -0.25) is 9.59 Å². The van der Waals surface area contributed by atoms with E-state index in [4.69, 9.17) is 16.3 Å². The zero-order valence-corrected chi connectivity index (χ0v) is 14.3. The quantitative estimate of drug-likeness (QED) is 0.656. The molecule has 1 aliphatic heterocycles. The van der Waals surface area contributed by atoms with Gasteiger partial charge in [0.15, 0.2) is 0 Å². The van der Waals surface area contributed by atoms with E-state index in [1.807, 2.05) is 30.3 Å². The zero-order valence-electron chi connectivity index (χ0n) is 12.8. The number of carbonyl (C=O) groups is 2. The first-order chi connectivity index (χ1) is 11.1. The number of hydrogen-bond donors (Lipinski definition) is 1. The first-order valence-corrected chi connectivity index (χ1v) is 8.86. The summed E-state index contributed by atoms with van der Waals surface area (Å²) in [6.07, 6.45) is 4.17. The maximum Gasteiger partial charge on any atom is 0.308 e. The van der Waals surface area contributed by atoms with Gasteiger partial charge in [-0.25, -0.2) is 0 Å². The molecule has 1 aromatic rings. The second kappa shape index (κ2) is 6.97. The number of hydrogen-bond acceptors (Lipinski definition) is 4. The molecule has 1 aromatic carbocycles. The molecule has 0 aromatic heterocycles. The summed E-state index contributed by atoms with van der Waals surface area (Å²) in [7, 11) is 1.41. The molecule has 1 heterocycles. The lowest BCUT2D eigenvalue weighted by atomic mass is 9.85. The normalized spacial score (nSPS) is 28.9. The van der Waals surface area contributed by atoms with Gasteiger partial charge in [0.2, 0.25) is 0 Å². The Morgan fingerprint density at radius 2 is 2.17 bits per heavy atom. The van der Waals surface area contributed by atoms with Crippen LogP contribution in [-0.4, -0.2) is 30.3 Å². The summed E-state index contributed by atoms with van der Waals surface area (Å²) in [5.41, 5.74) is 0.841. The van der Waals surface area contributed by atoms with Crippen molar-refractivity contribution < 1.29 is 14.3 Å². The molecule has 3 atom stereocenters. The van der Waals surface area contributed by atoms with Gasteiger partial charge in [0, 0.05) is 16.3 Å². The maximum absolute atomic E-state index is 12.4. The molecule has 0 radical (unpaired) electrons. The average Bonchev–Trinajstić information content (AvgIpc) is 2.56. The lowest BCUT2D eigenvalue weighted by Crippen LogP contribution is -2.50. The van der Waals surface area contributed by atoms with E-state index in [0.29, 0.717) is 21.6 Å². The molecule has 0 bridgehead atoms. The number of methoxy groups -OCH3 is 1. The Bertz CT molecular complexity index is 661. The largest absolute Gasteiger partial charge is 0.469 e. The minimum Gasteiger partial charge on any atom is -0.469 e. The minimum atomic E-state index is -0.180. The Morgan fingerprint density at radius 1 is 1.39 bits per heavy atom. The lowest BCUT2D eigenvalue weighted by molar-refractivity contribution is -0.147. The van der Waals surface area contributed by atoms with Gasteiger partial charge < -0.3 is 10.1 Å². The topological polar surface area (TPSA) is 55.4 Å². The van der Waals surface area contributed by atoms with E-state index in [-0.39, 0.29) is 23.8 Å². The zero-order chi connectivity index (χ0) is 16.4. The van der Waals surface area contributed by atoms with Gasteiger partial charge in [0.1, 0.15) is 0 Å². The summed E-state index contributed by atoms with van der Waals surface area (Å²) in [6, 6.07) is 7.48. The Kier molecular flexibility index (Phi) is 4.97. The van der Waals surface area contributed by atoms with E-state index in [2.05, 4.69) is 5.32 Å². The van der Waals surface area contributed by atoms with E-state index in [9.17, 15) is 9.59 Å². The van der Waals surface area contributed by atoms with E-state index in [1.165, 1.54) is 7.11 Å². The number of amides is 1. The molecule has 122 valence electrons. The fraction of sp³-hybridized carbons (Fsp3) is 0.412. The molecule has 1 saturated heterocycles. The number of ether oxygens (including phenoxy) is 1. The molecule has 4 nitrogen and oxygen atoms in total. The summed E-state index contributed by atoms with van der Waals surface area (Å²) < 4.78 is 4.83. The van der Waals surface area contributed by atoms with Crippen LogP contribution in [0.5, 0.6) is 0 Å². The highest BCUT2D eigenvalue weighted by molar-refractivity contribution is 8.04. The Balaban J connectivity index is 1.74. The van der Waals surface area contributed by atoms with Crippen LogP contribution in [0.2, 0.25) is 5.02 Å². The summed E-state index contributed by atoms with van der Waals surface area (Å²) in [5, 5.41) is 3.96. The van der Waals surface area contributed by atoms with Gasteiger partial charge in [-0.05, 0) is 37.0 Å². The van der Waals surface area contributed by atoms with Crippen molar-refractivity contribution in [3.8, 4) is 0 Å². The number of benzene rings is 1. The molecular formula is C17H18ClNO3S. The number of carbonyl (C=O) groups excluding carboxylic acids is 2. The van der Waals surface area contributed by atoms with Crippen molar-refractivity contribution in [3.05, 3.63) is 39.8 Å². The highest BCUT2D eigenvalue weighted by Crippen LogP contribution is 2.40. The predicted octanol–water partition coefficient (Wildman–Crippen LogP) is 3.25. The molecule has 6 heteroatoms. The van der Waals surface area contributed by atoms with Crippen molar-refractivity contribution in [2.75, 3.05) is 7.11 Å². The second-order valence-corrected chi connectivity index (χ2v) is 7.49. The van der Waals surface area contributed by atoms with Gasteiger partial charge in [-0.2, -0.15) is 0 Å². The van der Waals surface area contributed by atoms with E-state index >= 15 is 0 Å². The average molecular weight is 352 g/mol. The first kappa shape index (κ1) is 16.4. The van der Waals surface area contributed by atoms with Crippen molar-refractivity contribution in [3.63, 3.8) is 0 Å². The van der Waals surface area contributed by atoms with Crippen LogP contribution < -0.4 is 5.32 Å². The summed E-state index contributed by atoms with van der Waals surface area (Å²) >= 11 is 7.75. The van der Waals surface area contributed by atoms with Gasteiger partial charge in [0.25, 0.3) is 5.91 Å². The minimum absolute atomic E-state index is 0.0220. The monoisotopic (exact) mass is 351 g/mol. The van der Waals surface area contributed by atoms with Crippen molar-refractivity contribution in [1.82, 2.24) is 5.32 Å². The Morgan fingerprint density at radius 3 is 2.91 bits per heavy atom. The smallest absolute Gasteiger partial charge is 0.308 e. The van der Waals surface area contributed by atoms with Crippen molar-refractivity contribution in [1.29, 1.82) is 0 Å². The third-order valence-corrected chi connectivity index (χ3v) is 6.10. The molecule has 1 saturated carbocycles. The number of rotatable bonds is 2. The van der Waals surface area contributed by atoms with Gasteiger partial charge in [-0.15, -0.1) is 11.8 Å². The lowest BCUT2D eigenvalue weighted by Gasteiger charge is -2.38. The second-order valence-electron chi connectivity index (χ2n) is 5.80. The number of esters is 1. The van der Waals surface area contributed by atoms with Crippen LogP contribution in [0.15, 0.2) is 29.2 Å². The molecule has 23 heavy (non-hydrogen) atoms. The first-order valence-electron chi connectivity index (χ1n) is 7.60. The maximum atomic E-state index is 12.4. The number of thioether (sulfide) groups is 1. The van der Waals surface area contributed by atoms with Crippen LogP contribution in [0.25, 0.3) is 6.08 Å². The molecule has 2 fully saturated rings. The van der Waals surface area contributed by atoms with Crippen LogP contribution in [0.4, 0.5) is 0 Å². The summed E-state index contributed by atoms with van der Waals surface area (Å²) in [4.78, 5) is 24.7. The van der Waals surface area contributed by atoms with E-state index in [0.717, 1.165) is 18.4 Å². The van der Waals surface area contributed by atoms with E-state index in [1.54, 1.807) is 11.8 Å². The third kappa shape index (κ3) is 3.56. The molecule has 1 amide bonds.